The highest BCUT2D eigenvalue weighted by Crippen LogP contribution is 2.36. The normalized spacial score (nSPS) is 17.0. The number of hydrogen-bond acceptors (Lipinski definition) is 4. The number of carbonyl (C=O) groups excluding carboxylic acids is 1. The van der Waals surface area contributed by atoms with Crippen LogP contribution in [0.5, 0.6) is 5.75 Å². The lowest BCUT2D eigenvalue weighted by molar-refractivity contribution is -0.115. The van der Waals surface area contributed by atoms with E-state index in [1.54, 1.807) is 0 Å². The topological polar surface area (TPSA) is 50.7 Å². The Hall–Kier alpha value is -1.57. The van der Waals surface area contributed by atoms with Crippen LogP contribution in [-0.2, 0) is 4.79 Å². The van der Waals surface area contributed by atoms with Gasteiger partial charge in [0.25, 0.3) is 5.91 Å². The summed E-state index contributed by atoms with van der Waals surface area (Å²) in [6.07, 6.45) is 1.82. The summed E-state index contributed by atoms with van der Waals surface area (Å²) >= 11 is 8.30. The molecule has 1 saturated heterocycles. The van der Waals surface area contributed by atoms with Crippen molar-refractivity contribution in [1.82, 2.24) is 5.32 Å². The number of amides is 1. The molecule has 0 aliphatic carbocycles. The third-order valence-corrected chi connectivity index (χ3v) is 5.48. The van der Waals surface area contributed by atoms with Crippen molar-refractivity contribution in [3.05, 3.63) is 61.4 Å². The molecule has 0 atom stereocenters. The van der Waals surface area contributed by atoms with E-state index < -0.39 is 0 Å². The van der Waals surface area contributed by atoms with Gasteiger partial charge in [-0.15, -0.1) is 0 Å². The average molecular weight is 496 g/mol. The molecule has 0 spiro atoms. The summed E-state index contributed by atoms with van der Waals surface area (Å²) in [7, 11) is 0. The van der Waals surface area contributed by atoms with E-state index in [9.17, 15) is 4.79 Å². The molecule has 0 bridgehead atoms. The molecule has 2 aromatic carbocycles. The van der Waals surface area contributed by atoms with Crippen molar-refractivity contribution in [3.8, 4) is 5.75 Å². The van der Waals surface area contributed by atoms with Gasteiger partial charge >= 0.3 is 0 Å². The molecule has 3 rings (SSSR count). The van der Waals surface area contributed by atoms with Crippen LogP contribution in [0.1, 0.15) is 18.1 Å². The van der Waals surface area contributed by atoms with Gasteiger partial charge in [0, 0.05) is 10.0 Å². The van der Waals surface area contributed by atoms with Gasteiger partial charge in [0.05, 0.1) is 21.7 Å². The molecule has 1 amide bonds. The lowest BCUT2D eigenvalue weighted by Crippen LogP contribution is -2.19. The van der Waals surface area contributed by atoms with Crippen LogP contribution in [0.4, 0.5) is 5.69 Å². The third-order valence-electron chi connectivity index (χ3n) is 3.53. The minimum absolute atomic E-state index is 0.167. The molecule has 134 valence electrons. The molecule has 26 heavy (non-hydrogen) atoms. The number of rotatable bonds is 4. The molecule has 0 saturated carbocycles. The zero-order chi connectivity index (χ0) is 18.7. The second kappa shape index (κ2) is 8.41. The molecule has 1 fully saturated rings. The molecular weight excluding hydrogens is 480 g/mol. The van der Waals surface area contributed by atoms with Gasteiger partial charge < -0.3 is 10.1 Å². The molecule has 2 aromatic rings. The number of carbonyl (C=O) groups is 1. The molecular formula is C19H16Br2N2O2S. The fraction of sp³-hybridized carbons (Fsp3) is 0.158. The molecule has 4 nitrogen and oxygen atoms in total. The summed E-state index contributed by atoms with van der Waals surface area (Å²) in [5.74, 6) is 0.542. The quantitative estimate of drug-likeness (QED) is 0.544. The minimum atomic E-state index is -0.167. The monoisotopic (exact) mass is 494 g/mol. The SMILES string of the molecule is CCOc1c(Br)cc(Br)cc1/C=C1\SC(=Nc2ccc(C)cc2)NC1=O. The van der Waals surface area contributed by atoms with Gasteiger partial charge in [0.15, 0.2) is 5.17 Å². The number of aryl methyl sites for hydroxylation is 1. The number of halogens is 2. The van der Waals surface area contributed by atoms with Crippen LogP contribution in [0.3, 0.4) is 0 Å². The van der Waals surface area contributed by atoms with E-state index in [4.69, 9.17) is 4.74 Å². The fourth-order valence-corrected chi connectivity index (χ4v) is 4.55. The zero-order valence-electron chi connectivity index (χ0n) is 14.2. The van der Waals surface area contributed by atoms with Gasteiger partial charge in [-0.2, -0.15) is 0 Å². The summed E-state index contributed by atoms with van der Waals surface area (Å²) in [5, 5.41) is 3.38. The number of nitrogens with one attached hydrogen (secondary N) is 1. The first-order valence-electron chi connectivity index (χ1n) is 7.94. The molecule has 0 unspecified atom stereocenters. The van der Waals surface area contributed by atoms with E-state index >= 15 is 0 Å². The van der Waals surface area contributed by atoms with Gasteiger partial charge in [-0.05, 0) is 71.9 Å². The van der Waals surface area contributed by atoms with Crippen molar-refractivity contribution < 1.29 is 9.53 Å². The molecule has 7 heteroatoms. The molecule has 1 heterocycles. The first-order valence-corrected chi connectivity index (χ1v) is 10.3. The lowest BCUT2D eigenvalue weighted by Gasteiger charge is -2.10. The maximum Gasteiger partial charge on any atom is 0.264 e. The van der Waals surface area contributed by atoms with E-state index in [-0.39, 0.29) is 5.91 Å². The number of ether oxygens (including phenoxy) is 1. The van der Waals surface area contributed by atoms with Crippen LogP contribution in [0.25, 0.3) is 6.08 Å². The van der Waals surface area contributed by atoms with E-state index in [1.807, 2.05) is 56.3 Å². The summed E-state index contributed by atoms with van der Waals surface area (Å²) in [6, 6.07) is 11.7. The van der Waals surface area contributed by atoms with Gasteiger partial charge in [-0.1, -0.05) is 33.6 Å². The van der Waals surface area contributed by atoms with Crippen molar-refractivity contribution in [2.45, 2.75) is 13.8 Å². The Labute approximate surface area is 173 Å². The standard InChI is InChI=1S/C19H16Br2N2O2S/c1-3-25-17-12(8-13(20)10-15(17)21)9-16-18(24)23-19(26-16)22-14-6-4-11(2)5-7-14/h4-10H,3H2,1-2H3,(H,22,23,24)/b16-9-. The highest BCUT2D eigenvalue weighted by atomic mass is 79.9. The van der Waals surface area contributed by atoms with Crippen molar-refractivity contribution >= 4 is 66.5 Å². The van der Waals surface area contributed by atoms with Crippen molar-refractivity contribution in [1.29, 1.82) is 0 Å². The fourth-order valence-electron chi connectivity index (χ4n) is 2.34. The van der Waals surface area contributed by atoms with E-state index in [1.165, 1.54) is 17.3 Å². The molecule has 0 radical (unpaired) electrons. The summed E-state index contributed by atoms with van der Waals surface area (Å²) in [4.78, 5) is 17.4. The maximum absolute atomic E-state index is 12.3. The minimum Gasteiger partial charge on any atom is -0.492 e. The van der Waals surface area contributed by atoms with Crippen LogP contribution >= 0.6 is 43.6 Å². The Morgan fingerprint density at radius 2 is 1.96 bits per heavy atom. The number of thioether (sulfide) groups is 1. The van der Waals surface area contributed by atoms with Crippen molar-refractivity contribution in [2.75, 3.05) is 6.61 Å². The molecule has 1 aliphatic rings. The van der Waals surface area contributed by atoms with Gasteiger partial charge in [-0.3, -0.25) is 4.79 Å². The lowest BCUT2D eigenvalue weighted by atomic mass is 10.2. The first-order chi connectivity index (χ1) is 12.5. The van der Waals surface area contributed by atoms with Crippen molar-refractivity contribution in [3.63, 3.8) is 0 Å². The second-order valence-corrected chi connectivity index (χ2v) is 8.36. The summed E-state index contributed by atoms with van der Waals surface area (Å²) < 4.78 is 7.45. The van der Waals surface area contributed by atoms with Crippen LogP contribution < -0.4 is 10.1 Å². The van der Waals surface area contributed by atoms with Crippen LogP contribution in [0, 0.1) is 6.92 Å². The van der Waals surface area contributed by atoms with Crippen LogP contribution in [0.15, 0.2) is 55.2 Å². The van der Waals surface area contributed by atoms with Crippen molar-refractivity contribution in [2.24, 2.45) is 4.99 Å². The second-order valence-electron chi connectivity index (χ2n) is 5.56. The number of hydrogen-bond donors (Lipinski definition) is 1. The predicted octanol–water partition coefficient (Wildman–Crippen LogP) is 5.81. The number of nitrogens with zero attached hydrogens (tertiary/aromatic N) is 1. The van der Waals surface area contributed by atoms with Crippen LogP contribution in [0.2, 0.25) is 0 Å². The smallest absolute Gasteiger partial charge is 0.264 e. The number of benzene rings is 2. The Bertz CT molecular complexity index is 909. The predicted molar refractivity (Wildman–Crippen MR) is 115 cm³/mol. The Balaban J connectivity index is 1.91. The number of aliphatic imine (C=N–C) groups is 1. The molecule has 0 aromatic heterocycles. The van der Waals surface area contributed by atoms with Gasteiger partial charge in [-0.25, -0.2) is 4.99 Å². The molecule has 1 aliphatic heterocycles. The number of amidine groups is 1. The summed E-state index contributed by atoms with van der Waals surface area (Å²) in [6.45, 7) is 4.49. The summed E-state index contributed by atoms with van der Waals surface area (Å²) in [5.41, 5.74) is 2.79. The average Bonchev–Trinajstić information content (AvgIpc) is 2.92. The Kier molecular flexibility index (Phi) is 6.21. The highest BCUT2D eigenvalue weighted by molar-refractivity contribution is 9.11. The van der Waals surface area contributed by atoms with Crippen LogP contribution in [-0.4, -0.2) is 17.7 Å². The Morgan fingerprint density at radius 1 is 1.23 bits per heavy atom. The van der Waals surface area contributed by atoms with Gasteiger partial charge in [0.2, 0.25) is 0 Å². The third kappa shape index (κ3) is 4.58. The molecule has 1 N–H and O–H groups in total. The zero-order valence-corrected chi connectivity index (χ0v) is 18.2. The Morgan fingerprint density at radius 3 is 2.65 bits per heavy atom. The van der Waals surface area contributed by atoms with E-state index in [0.717, 1.165) is 20.2 Å². The van der Waals surface area contributed by atoms with E-state index in [0.29, 0.717) is 22.4 Å². The largest absolute Gasteiger partial charge is 0.492 e. The highest BCUT2D eigenvalue weighted by Gasteiger charge is 2.24. The van der Waals surface area contributed by atoms with Gasteiger partial charge in [0.1, 0.15) is 5.75 Å². The van der Waals surface area contributed by atoms with E-state index in [2.05, 4.69) is 42.2 Å². The first kappa shape index (κ1) is 19.2. The maximum atomic E-state index is 12.3.